The normalized spacial score (nSPS) is 22.2. The molecule has 3 nitrogen and oxygen atoms in total. The molecule has 0 saturated heterocycles. The molecule has 1 aliphatic rings. The first-order chi connectivity index (χ1) is 9.92. The van der Waals surface area contributed by atoms with Crippen LogP contribution < -0.4 is 0 Å². The minimum absolute atomic E-state index is 0.146. The predicted molar refractivity (Wildman–Crippen MR) is 85.3 cm³/mol. The van der Waals surface area contributed by atoms with Crippen molar-refractivity contribution in [3.63, 3.8) is 0 Å². The molecule has 0 spiro atoms. The lowest BCUT2D eigenvalue weighted by molar-refractivity contribution is 0.0157. The molecule has 1 amide bonds. The van der Waals surface area contributed by atoms with Crippen molar-refractivity contribution < 1.29 is 9.53 Å². The van der Waals surface area contributed by atoms with Crippen molar-refractivity contribution in [3.8, 4) is 0 Å². The van der Waals surface area contributed by atoms with Crippen LogP contribution in [-0.2, 0) is 4.74 Å². The van der Waals surface area contributed by atoms with Crippen LogP contribution in [0.4, 0.5) is 4.79 Å². The molecule has 3 heteroatoms. The quantitative estimate of drug-likeness (QED) is 0.757. The van der Waals surface area contributed by atoms with Gasteiger partial charge >= 0.3 is 6.09 Å². The number of rotatable bonds is 2. The van der Waals surface area contributed by atoms with Crippen LogP contribution in [0.15, 0.2) is 42.5 Å². The first-order valence-electron chi connectivity index (χ1n) is 7.63. The Balaban J connectivity index is 2.21. The summed E-state index contributed by atoms with van der Waals surface area (Å²) < 4.78 is 5.55. The largest absolute Gasteiger partial charge is 0.444 e. The summed E-state index contributed by atoms with van der Waals surface area (Å²) in [5, 5.41) is 0. The first-order valence-corrected chi connectivity index (χ1v) is 7.63. The molecule has 0 fully saturated rings. The molecule has 0 aliphatic carbocycles. The molecule has 2 atom stereocenters. The maximum atomic E-state index is 12.4. The van der Waals surface area contributed by atoms with Gasteiger partial charge in [-0.05, 0) is 32.8 Å². The Bertz CT molecular complexity index is 502. The lowest BCUT2D eigenvalue weighted by atomic mass is 9.86. The Hall–Kier alpha value is -1.77. The minimum atomic E-state index is -0.460. The average molecular weight is 287 g/mol. The van der Waals surface area contributed by atoms with Gasteiger partial charge < -0.3 is 9.64 Å². The van der Waals surface area contributed by atoms with Crippen LogP contribution in [-0.4, -0.2) is 29.2 Å². The number of carbonyl (C=O) groups is 1. The lowest BCUT2D eigenvalue weighted by Crippen LogP contribution is -2.47. The van der Waals surface area contributed by atoms with Crippen LogP contribution in [0.1, 0.15) is 45.6 Å². The second-order valence-corrected chi connectivity index (χ2v) is 6.47. The van der Waals surface area contributed by atoms with Crippen LogP contribution in [0.3, 0.4) is 0 Å². The fraction of sp³-hybridized carbons (Fsp3) is 0.500. The van der Waals surface area contributed by atoms with E-state index in [-0.39, 0.29) is 18.1 Å². The summed E-state index contributed by atoms with van der Waals surface area (Å²) in [6, 6.07) is 10.5. The number of carbonyl (C=O) groups excluding carboxylic acids is 1. The maximum absolute atomic E-state index is 12.4. The highest BCUT2D eigenvalue weighted by atomic mass is 16.6. The van der Waals surface area contributed by atoms with Gasteiger partial charge in [0.1, 0.15) is 5.60 Å². The van der Waals surface area contributed by atoms with Gasteiger partial charge in [0.05, 0.1) is 0 Å². The van der Waals surface area contributed by atoms with E-state index in [1.165, 1.54) is 5.56 Å². The molecular weight excluding hydrogens is 262 g/mol. The Labute approximate surface area is 127 Å². The summed E-state index contributed by atoms with van der Waals surface area (Å²) in [5.74, 6) is 0.234. The number of hydrogen-bond acceptors (Lipinski definition) is 2. The van der Waals surface area contributed by atoms with E-state index in [4.69, 9.17) is 4.74 Å². The molecular formula is C18H25NO2. The zero-order chi connectivity index (χ0) is 15.5. The average Bonchev–Trinajstić information content (AvgIpc) is 2.45. The smallest absolute Gasteiger partial charge is 0.410 e. The highest BCUT2D eigenvalue weighted by molar-refractivity contribution is 5.69. The predicted octanol–water partition coefficient (Wildman–Crippen LogP) is 4.36. The molecule has 1 aromatic rings. The molecule has 0 radical (unpaired) electrons. The van der Waals surface area contributed by atoms with Gasteiger partial charge in [-0.3, -0.25) is 0 Å². The van der Waals surface area contributed by atoms with Crippen LogP contribution >= 0.6 is 0 Å². The molecule has 1 aliphatic heterocycles. The number of amides is 1. The Morgan fingerprint density at radius 3 is 2.52 bits per heavy atom. The molecule has 114 valence electrons. The maximum Gasteiger partial charge on any atom is 0.410 e. The molecule has 21 heavy (non-hydrogen) atoms. The first kappa shape index (κ1) is 15.6. The third-order valence-corrected chi connectivity index (χ3v) is 3.69. The van der Waals surface area contributed by atoms with Crippen molar-refractivity contribution in [2.24, 2.45) is 0 Å². The number of nitrogens with zero attached hydrogens (tertiary/aromatic N) is 1. The van der Waals surface area contributed by atoms with Crippen molar-refractivity contribution in [1.29, 1.82) is 0 Å². The summed E-state index contributed by atoms with van der Waals surface area (Å²) in [7, 11) is 0. The van der Waals surface area contributed by atoms with Crippen molar-refractivity contribution in [2.75, 3.05) is 6.54 Å². The Morgan fingerprint density at radius 2 is 1.95 bits per heavy atom. The van der Waals surface area contributed by atoms with Gasteiger partial charge in [0.2, 0.25) is 0 Å². The number of hydrogen-bond donors (Lipinski definition) is 0. The third kappa shape index (κ3) is 3.87. The highest BCUT2D eigenvalue weighted by Crippen LogP contribution is 2.31. The second kappa shape index (κ2) is 6.33. The van der Waals surface area contributed by atoms with E-state index in [0.717, 1.165) is 6.42 Å². The van der Waals surface area contributed by atoms with Gasteiger partial charge in [-0.1, -0.05) is 49.4 Å². The lowest BCUT2D eigenvalue weighted by Gasteiger charge is -2.38. The summed E-state index contributed by atoms with van der Waals surface area (Å²) in [5.41, 5.74) is 0.785. The molecule has 0 unspecified atom stereocenters. The summed E-state index contributed by atoms with van der Waals surface area (Å²) >= 11 is 0. The van der Waals surface area contributed by atoms with E-state index in [2.05, 4.69) is 31.2 Å². The topological polar surface area (TPSA) is 29.5 Å². The Morgan fingerprint density at radius 1 is 1.29 bits per heavy atom. The molecule has 1 aromatic carbocycles. The van der Waals surface area contributed by atoms with E-state index in [1.807, 2.05) is 43.9 Å². The number of ether oxygens (including phenoxy) is 1. The molecule has 2 rings (SSSR count). The van der Waals surface area contributed by atoms with E-state index < -0.39 is 5.60 Å². The summed E-state index contributed by atoms with van der Waals surface area (Å²) in [6.07, 6.45) is 4.96. The van der Waals surface area contributed by atoms with E-state index in [1.54, 1.807) is 0 Å². The summed E-state index contributed by atoms with van der Waals surface area (Å²) in [4.78, 5) is 14.3. The van der Waals surface area contributed by atoms with Gasteiger partial charge in [-0.25, -0.2) is 4.79 Å². The van der Waals surface area contributed by atoms with E-state index >= 15 is 0 Å². The fourth-order valence-electron chi connectivity index (χ4n) is 2.79. The fourth-order valence-corrected chi connectivity index (χ4v) is 2.79. The van der Waals surface area contributed by atoms with Crippen molar-refractivity contribution in [2.45, 2.75) is 51.7 Å². The van der Waals surface area contributed by atoms with Crippen molar-refractivity contribution in [3.05, 3.63) is 48.0 Å². The molecule has 0 N–H and O–H groups in total. The molecule has 0 bridgehead atoms. The van der Waals surface area contributed by atoms with Crippen molar-refractivity contribution >= 4 is 6.09 Å². The minimum Gasteiger partial charge on any atom is -0.444 e. The van der Waals surface area contributed by atoms with E-state index in [9.17, 15) is 4.79 Å². The Kier molecular flexibility index (Phi) is 4.71. The monoisotopic (exact) mass is 287 g/mol. The molecule has 0 aromatic heterocycles. The highest BCUT2D eigenvalue weighted by Gasteiger charge is 2.33. The zero-order valence-corrected chi connectivity index (χ0v) is 13.4. The van der Waals surface area contributed by atoms with E-state index in [0.29, 0.717) is 6.54 Å². The van der Waals surface area contributed by atoms with Crippen molar-refractivity contribution in [1.82, 2.24) is 4.90 Å². The standard InChI is InChI=1S/C18H25NO2/c1-5-16-15(14-10-7-6-8-11-14)12-9-13-19(16)17(20)21-18(2,3)4/h6-12,15-16H,5,13H2,1-4H3/t15-,16-/m1/s1. The zero-order valence-electron chi connectivity index (χ0n) is 13.4. The molecule has 1 heterocycles. The van der Waals surface area contributed by atoms with Gasteiger partial charge in [0.15, 0.2) is 0 Å². The van der Waals surface area contributed by atoms with Crippen LogP contribution in [0.2, 0.25) is 0 Å². The van der Waals surface area contributed by atoms with Crippen LogP contribution in [0.5, 0.6) is 0 Å². The van der Waals surface area contributed by atoms with Crippen LogP contribution in [0.25, 0.3) is 0 Å². The summed E-state index contributed by atoms with van der Waals surface area (Å²) in [6.45, 7) is 8.45. The van der Waals surface area contributed by atoms with Gasteiger partial charge in [-0.15, -0.1) is 0 Å². The van der Waals surface area contributed by atoms with Gasteiger partial charge in [-0.2, -0.15) is 0 Å². The SMILES string of the molecule is CC[C@@H]1[C@@H](c2ccccc2)C=CCN1C(=O)OC(C)(C)C. The van der Waals surface area contributed by atoms with Crippen LogP contribution in [0, 0.1) is 0 Å². The third-order valence-electron chi connectivity index (χ3n) is 3.69. The van der Waals surface area contributed by atoms with Gasteiger partial charge in [0.25, 0.3) is 0 Å². The number of benzene rings is 1. The van der Waals surface area contributed by atoms with Gasteiger partial charge in [0, 0.05) is 18.5 Å². The second-order valence-electron chi connectivity index (χ2n) is 6.47. The molecule has 0 saturated carbocycles.